The van der Waals surface area contributed by atoms with E-state index in [1.165, 1.54) is 5.56 Å². The van der Waals surface area contributed by atoms with E-state index in [1.807, 2.05) is 18.2 Å². The lowest BCUT2D eigenvalue weighted by Gasteiger charge is -2.34. The summed E-state index contributed by atoms with van der Waals surface area (Å²) >= 11 is 1.56. The second kappa shape index (κ2) is 9.36. The van der Waals surface area contributed by atoms with Gasteiger partial charge in [-0.25, -0.2) is 23.1 Å². The van der Waals surface area contributed by atoms with Crippen LogP contribution < -0.4 is 9.62 Å². The molecule has 0 saturated carbocycles. The molecule has 3 heterocycles. The Morgan fingerprint density at radius 1 is 1.06 bits per heavy atom. The van der Waals surface area contributed by atoms with Crippen molar-refractivity contribution in [3.8, 4) is 0 Å². The van der Waals surface area contributed by atoms with Crippen molar-refractivity contribution in [2.45, 2.75) is 37.0 Å². The average molecular weight is 486 g/mol. The zero-order chi connectivity index (χ0) is 22.8. The van der Waals surface area contributed by atoms with Gasteiger partial charge in [0.2, 0.25) is 15.9 Å². The molecule has 10 heteroatoms. The number of carbonyl (C=O) groups is 1. The molecular formula is C23H27N5O3S2. The van der Waals surface area contributed by atoms with E-state index >= 15 is 0 Å². The monoisotopic (exact) mass is 485 g/mol. The molecule has 1 aliphatic heterocycles. The second-order valence-corrected chi connectivity index (χ2v) is 11.2. The highest BCUT2D eigenvalue weighted by Gasteiger charge is 2.24. The lowest BCUT2D eigenvalue weighted by atomic mass is 9.92. The van der Waals surface area contributed by atoms with Crippen molar-refractivity contribution >= 4 is 42.7 Å². The minimum Gasteiger partial charge on any atom is -0.344 e. The van der Waals surface area contributed by atoms with Crippen LogP contribution in [0.25, 0.3) is 10.3 Å². The van der Waals surface area contributed by atoms with E-state index in [4.69, 9.17) is 0 Å². The number of sulfonamides is 1. The molecule has 1 saturated heterocycles. The van der Waals surface area contributed by atoms with E-state index in [9.17, 15) is 13.2 Å². The Morgan fingerprint density at radius 3 is 2.64 bits per heavy atom. The Bertz CT molecular complexity index is 1230. The number of anilines is 1. The molecular weight excluding hydrogens is 458 g/mol. The smallest absolute Gasteiger partial charge is 0.240 e. The first-order chi connectivity index (χ1) is 16.0. The van der Waals surface area contributed by atoms with Gasteiger partial charge in [0.15, 0.2) is 5.13 Å². The van der Waals surface area contributed by atoms with Gasteiger partial charge in [-0.05, 0) is 61.1 Å². The summed E-state index contributed by atoms with van der Waals surface area (Å²) < 4.78 is 28.0. The third-order valence-corrected chi connectivity index (χ3v) is 8.82. The number of amides is 1. The molecule has 1 amide bonds. The van der Waals surface area contributed by atoms with Gasteiger partial charge in [0.1, 0.15) is 10.3 Å². The van der Waals surface area contributed by atoms with Crippen molar-refractivity contribution in [1.29, 1.82) is 0 Å². The highest BCUT2D eigenvalue weighted by Crippen LogP contribution is 2.28. The Hall–Kier alpha value is -2.56. The van der Waals surface area contributed by atoms with Crippen LogP contribution in [0.2, 0.25) is 0 Å². The molecule has 1 N–H and O–H groups in total. The molecule has 3 aromatic rings. The fourth-order valence-corrected chi connectivity index (χ4v) is 6.49. The summed E-state index contributed by atoms with van der Waals surface area (Å²) in [6, 6.07) is 9.21. The highest BCUT2D eigenvalue weighted by molar-refractivity contribution is 7.89. The van der Waals surface area contributed by atoms with Crippen LogP contribution in [0.3, 0.4) is 0 Å². The fraction of sp³-hybridized carbons (Fsp3) is 0.435. The van der Waals surface area contributed by atoms with Gasteiger partial charge in [-0.3, -0.25) is 4.79 Å². The number of pyridine rings is 1. The van der Waals surface area contributed by atoms with Crippen molar-refractivity contribution in [2.75, 3.05) is 37.6 Å². The van der Waals surface area contributed by atoms with Crippen molar-refractivity contribution in [3.63, 3.8) is 0 Å². The predicted octanol–water partition coefficient (Wildman–Crippen LogP) is 2.59. The van der Waals surface area contributed by atoms with Gasteiger partial charge in [0.25, 0.3) is 0 Å². The number of hydrogen-bond acceptors (Lipinski definition) is 7. The van der Waals surface area contributed by atoms with E-state index in [0.29, 0.717) is 26.2 Å². The van der Waals surface area contributed by atoms with E-state index in [1.54, 1.807) is 34.6 Å². The minimum absolute atomic E-state index is 0.0336. The number of carbonyl (C=O) groups excluding carboxylic acids is 1. The van der Waals surface area contributed by atoms with Crippen molar-refractivity contribution in [1.82, 2.24) is 19.6 Å². The first-order valence-corrected chi connectivity index (χ1v) is 13.7. The molecule has 1 fully saturated rings. The number of hydrogen-bond donors (Lipinski definition) is 1. The molecule has 1 aromatic carbocycles. The van der Waals surface area contributed by atoms with Crippen LogP contribution in [0.5, 0.6) is 0 Å². The Kier molecular flexibility index (Phi) is 6.31. The molecule has 1 aliphatic carbocycles. The van der Waals surface area contributed by atoms with Crippen LogP contribution in [0.15, 0.2) is 41.4 Å². The second-order valence-electron chi connectivity index (χ2n) is 8.48. The van der Waals surface area contributed by atoms with Gasteiger partial charge in [-0.15, -0.1) is 0 Å². The third-order valence-electron chi connectivity index (χ3n) is 6.32. The van der Waals surface area contributed by atoms with Crippen molar-refractivity contribution < 1.29 is 13.2 Å². The fourth-order valence-electron chi connectivity index (χ4n) is 4.45. The molecule has 0 atom stereocenters. The van der Waals surface area contributed by atoms with Gasteiger partial charge in [-0.1, -0.05) is 17.4 Å². The predicted molar refractivity (Wildman–Crippen MR) is 129 cm³/mol. The molecule has 2 aliphatic rings. The normalized spacial score (nSPS) is 16.7. The Morgan fingerprint density at radius 2 is 1.85 bits per heavy atom. The number of fused-ring (bicyclic) bond motifs is 2. The van der Waals surface area contributed by atoms with Crippen LogP contribution in [-0.2, 0) is 27.7 Å². The van der Waals surface area contributed by atoms with Crippen LogP contribution in [-0.4, -0.2) is 61.9 Å². The third kappa shape index (κ3) is 4.87. The van der Waals surface area contributed by atoms with E-state index < -0.39 is 10.0 Å². The van der Waals surface area contributed by atoms with Crippen LogP contribution >= 0.6 is 11.3 Å². The first kappa shape index (κ1) is 22.2. The molecule has 0 unspecified atom stereocenters. The lowest BCUT2D eigenvalue weighted by Crippen LogP contribution is -2.49. The molecule has 33 heavy (non-hydrogen) atoms. The number of thiazole rings is 1. The van der Waals surface area contributed by atoms with E-state index in [-0.39, 0.29) is 23.8 Å². The van der Waals surface area contributed by atoms with Gasteiger partial charge in [0.05, 0.1) is 4.90 Å². The molecule has 0 radical (unpaired) electrons. The van der Waals surface area contributed by atoms with Gasteiger partial charge >= 0.3 is 0 Å². The van der Waals surface area contributed by atoms with Crippen LogP contribution in [0.4, 0.5) is 5.13 Å². The van der Waals surface area contributed by atoms with Crippen molar-refractivity contribution in [2.24, 2.45) is 0 Å². The minimum atomic E-state index is -3.62. The maximum atomic E-state index is 12.7. The van der Waals surface area contributed by atoms with E-state index in [0.717, 1.165) is 46.7 Å². The largest absolute Gasteiger partial charge is 0.344 e. The summed E-state index contributed by atoms with van der Waals surface area (Å²) in [5.74, 6) is -0.0336. The molecule has 174 valence electrons. The summed E-state index contributed by atoms with van der Waals surface area (Å²) in [6.07, 6.45) is 6.11. The number of piperazine rings is 1. The topological polar surface area (TPSA) is 95.5 Å². The maximum Gasteiger partial charge on any atom is 0.240 e. The summed E-state index contributed by atoms with van der Waals surface area (Å²) in [6.45, 7) is 2.69. The number of rotatable bonds is 6. The summed E-state index contributed by atoms with van der Waals surface area (Å²) in [4.78, 5) is 26.8. The molecule has 0 bridgehead atoms. The molecule has 2 aromatic heterocycles. The number of nitrogens with one attached hydrogen (secondary N) is 1. The summed E-state index contributed by atoms with van der Waals surface area (Å²) in [7, 11) is -3.62. The van der Waals surface area contributed by atoms with Gasteiger partial charge in [0, 0.05) is 45.3 Å². The summed E-state index contributed by atoms with van der Waals surface area (Å²) in [5.41, 5.74) is 3.26. The maximum absolute atomic E-state index is 12.7. The van der Waals surface area contributed by atoms with Crippen LogP contribution in [0, 0.1) is 0 Å². The zero-order valence-corrected chi connectivity index (χ0v) is 20.0. The van der Waals surface area contributed by atoms with Gasteiger partial charge in [-0.2, -0.15) is 0 Å². The first-order valence-electron chi connectivity index (χ1n) is 11.4. The van der Waals surface area contributed by atoms with Crippen LogP contribution in [0.1, 0.15) is 30.4 Å². The number of aromatic nitrogens is 2. The number of aryl methyl sites for hydroxylation is 2. The highest BCUT2D eigenvalue weighted by atomic mass is 32.2. The standard InChI is InChI=1S/C23H27N5O3S2/c29-21(9-11-25-33(30,31)19-8-7-17-4-1-2-5-18(17)16-19)27-12-14-28(15-13-27)23-26-20-6-3-10-24-22(20)32-23/h3,6-8,10,16,25H,1-2,4-5,9,11-15H2. The molecule has 0 spiro atoms. The zero-order valence-electron chi connectivity index (χ0n) is 18.4. The number of nitrogens with zero attached hydrogens (tertiary/aromatic N) is 4. The summed E-state index contributed by atoms with van der Waals surface area (Å²) in [5, 5.41) is 0.925. The van der Waals surface area contributed by atoms with Crippen molar-refractivity contribution in [3.05, 3.63) is 47.7 Å². The average Bonchev–Trinajstić information content (AvgIpc) is 3.28. The SMILES string of the molecule is O=C(CCNS(=O)(=O)c1ccc2c(c1)CCCC2)N1CCN(c2nc3cccnc3s2)CC1. The van der Waals surface area contributed by atoms with E-state index in [2.05, 4.69) is 19.6 Å². The molecule has 8 nitrogen and oxygen atoms in total. The van der Waals surface area contributed by atoms with Gasteiger partial charge < -0.3 is 9.80 Å². The Balaban J connectivity index is 1.12. The lowest BCUT2D eigenvalue weighted by molar-refractivity contribution is -0.131. The Labute approximate surface area is 197 Å². The molecule has 5 rings (SSSR count). The quantitative estimate of drug-likeness (QED) is 0.577. The number of benzene rings is 1.